The van der Waals surface area contributed by atoms with Crippen molar-refractivity contribution in [2.45, 2.75) is 44.0 Å². The van der Waals surface area contributed by atoms with Crippen molar-refractivity contribution in [2.75, 3.05) is 0 Å². The lowest BCUT2D eigenvalue weighted by Gasteiger charge is -2.21. The fraction of sp³-hybridized carbons (Fsp3) is 0.538. The molecule has 0 atom stereocenters. The topological polar surface area (TPSA) is 43.4 Å². The van der Waals surface area contributed by atoms with E-state index in [1.54, 1.807) is 0 Å². The SMILES string of the molecule is O=S(=O)(Cc1ccccc1)OC1CCCCC1. The van der Waals surface area contributed by atoms with E-state index < -0.39 is 10.1 Å². The van der Waals surface area contributed by atoms with Crippen LogP contribution in [0.3, 0.4) is 0 Å². The van der Waals surface area contributed by atoms with Crippen LogP contribution in [-0.2, 0) is 20.1 Å². The van der Waals surface area contributed by atoms with Crippen LogP contribution in [0.15, 0.2) is 30.3 Å². The standard InChI is InChI=1S/C13H18O3S/c14-17(15,11-12-7-3-1-4-8-12)16-13-9-5-2-6-10-13/h1,3-4,7-8,13H,2,5-6,9-11H2. The van der Waals surface area contributed by atoms with Crippen LogP contribution in [0.25, 0.3) is 0 Å². The number of rotatable bonds is 4. The molecule has 0 amide bonds. The lowest BCUT2D eigenvalue weighted by molar-refractivity contribution is 0.162. The predicted molar refractivity (Wildman–Crippen MR) is 67.0 cm³/mol. The molecule has 1 aromatic carbocycles. The highest BCUT2D eigenvalue weighted by Gasteiger charge is 2.21. The van der Waals surface area contributed by atoms with Gasteiger partial charge in [0.2, 0.25) is 0 Å². The smallest absolute Gasteiger partial charge is 0.267 e. The Balaban J connectivity index is 1.94. The third kappa shape index (κ3) is 4.13. The Labute approximate surface area is 103 Å². The van der Waals surface area contributed by atoms with Crippen molar-refractivity contribution in [1.82, 2.24) is 0 Å². The molecule has 1 aliphatic rings. The second kappa shape index (κ2) is 5.65. The maximum Gasteiger partial charge on any atom is 0.271 e. The molecule has 0 aromatic heterocycles. The Morgan fingerprint density at radius 1 is 1.06 bits per heavy atom. The summed E-state index contributed by atoms with van der Waals surface area (Å²) in [6, 6.07) is 9.17. The maximum atomic E-state index is 11.8. The van der Waals surface area contributed by atoms with Gasteiger partial charge < -0.3 is 0 Å². The van der Waals surface area contributed by atoms with E-state index in [0.717, 1.165) is 31.2 Å². The first-order chi connectivity index (χ1) is 8.16. The highest BCUT2D eigenvalue weighted by molar-refractivity contribution is 7.85. The third-order valence-electron chi connectivity index (χ3n) is 3.02. The van der Waals surface area contributed by atoms with Gasteiger partial charge in [0.25, 0.3) is 10.1 Å². The van der Waals surface area contributed by atoms with Crippen LogP contribution in [-0.4, -0.2) is 14.5 Å². The van der Waals surface area contributed by atoms with Gasteiger partial charge in [-0.15, -0.1) is 0 Å². The van der Waals surface area contributed by atoms with E-state index >= 15 is 0 Å². The molecule has 2 rings (SSSR count). The van der Waals surface area contributed by atoms with Crippen LogP contribution in [0.1, 0.15) is 37.7 Å². The van der Waals surface area contributed by atoms with Crippen molar-refractivity contribution >= 4 is 10.1 Å². The first kappa shape index (κ1) is 12.6. The molecule has 0 unspecified atom stereocenters. The molecule has 17 heavy (non-hydrogen) atoms. The van der Waals surface area contributed by atoms with Crippen molar-refractivity contribution in [3.63, 3.8) is 0 Å². The molecule has 1 aliphatic carbocycles. The average molecular weight is 254 g/mol. The molecule has 0 saturated heterocycles. The summed E-state index contributed by atoms with van der Waals surface area (Å²) in [5.41, 5.74) is 0.781. The Kier molecular flexibility index (Phi) is 4.18. The lowest BCUT2D eigenvalue weighted by atomic mass is 9.98. The molecule has 4 heteroatoms. The summed E-state index contributed by atoms with van der Waals surface area (Å²) in [4.78, 5) is 0. The summed E-state index contributed by atoms with van der Waals surface area (Å²) >= 11 is 0. The average Bonchev–Trinajstić information content (AvgIpc) is 2.30. The van der Waals surface area contributed by atoms with E-state index in [0.29, 0.717) is 0 Å². The van der Waals surface area contributed by atoms with E-state index in [2.05, 4.69) is 0 Å². The zero-order chi connectivity index (χ0) is 12.1. The quantitative estimate of drug-likeness (QED) is 0.776. The van der Waals surface area contributed by atoms with Gasteiger partial charge in [0.1, 0.15) is 5.75 Å². The maximum absolute atomic E-state index is 11.8. The van der Waals surface area contributed by atoms with Crippen LogP contribution < -0.4 is 0 Å². The number of benzene rings is 1. The summed E-state index contributed by atoms with van der Waals surface area (Å²) in [5, 5.41) is 0. The normalized spacial score (nSPS) is 18.1. The van der Waals surface area contributed by atoms with Gasteiger partial charge >= 0.3 is 0 Å². The van der Waals surface area contributed by atoms with Gasteiger partial charge in [0, 0.05) is 0 Å². The molecule has 0 heterocycles. The van der Waals surface area contributed by atoms with Gasteiger partial charge in [-0.3, -0.25) is 4.18 Å². The van der Waals surface area contributed by atoms with Crippen molar-refractivity contribution in [3.05, 3.63) is 35.9 Å². The number of hydrogen-bond donors (Lipinski definition) is 0. The molecule has 1 saturated carbocycles. The second-order valence-electron chi connectivity index (χ2n) is 4.54. The minimum Gasteiger partial charge on any atom is -0.267 e. The highest BCUT2D eigenvalue weighted by atomic mass is 32.2. The van der Waals surface area contributed by atoms with Crippen molar-refractivity contribution in [3.8, 4) is 0 Å². The lowest BCUT2D eigenvalue weighted by Crippen LogP contribution is -2.22. The fourth-order valence-electron chi connectivity index (χ4n) is 2.18. The fourth-order valence-corrected chi connectivity index (χ4v) is 3.46. The Morgan fingerprint density at radius 2 is 1.71 bits per heavy atom. The molecule has 1 aromatic rings. The van der Waals surface area contributed by atoms with E-state index in [9.17, 15) is 8.42 Å². The minimum atomic E-state index is -3.43. The third-order valence-corrected chi connectivity index (χ3v) is 4.27. The number of hydrogen-bond acceptors (Lipinski definition) is 3. The molecule has 94 valence electrons. The van der Waals surface area contributed by atoms with Crippen LogP contribution in [0, 0.1) is 0 Å². The summed E-state index contributed by atoms with van der Waals surface area (Å²) < 4.78 is 28.9. The van der Waals surface area contributed by atoms with Crippen LogP contribution in [0.2, 0.25) is 0 Å². The molecule has 0 aliphatic heterocycles. The monoisotopic (exact) mass is 254 g/mol. The van der Waals surface area contributed by atoms with Gasteiger partial charge in [-0.05, 0) is 18.4 Å². The molecule has 3 nitrogen and oxygen atoms in total. The Hall–Kier alpha value is -0.870. The van der Waals surface area contributed by atoms with Gasteiger partial charge in [-0.25, -0.2) is 0 Å². The van der Waals surface area contributed by atoms with E-state index in [1.165, 1.54) is 6.42 Å². The minimum absolute atomic E-state index is 0.0235. The highest BCUT2D eigenvalue weighted by Crippen LogP contribution is 2.22. The van der Waals surface area contributed by atoms with Crippen LogP contribution in [0.4, 0.5) is 0 Å². The van der Waals surface area contributed by atoms with Crippen molar-refractivity contribution in [2.24, 2.45) is 0 Å². The Bertz CT molecular complexity index is 433. The molecule has 1 fully saturated rings. The molecule has 0 spiro atoms. The van der Waals surface area contributed by atoms with Gasteiger partial charge in [-0.2, -0.15) is 8.42 Å². The zero-order valence-corrected chi connectivity index (χ0v) is 10.7. The Morgan fingerprint density at radius 3 is 2.35 bits per heavy atom. The van der Waals surface area contributed by atoms with E-state index in [1.807, 2.05) is 30.3 Å². The predicted octanol–water partition coefficient (Wildman–Crippen LogP) is 2.87. The first-order valence-corrected chi connectivity index (χ1v) is 7.68. The van der Waals surface area contributed by atoms with Crippen LogP contribution in [0.5, 0.6) is 0 Å². The molecule has 0 bridgehead atoms. The van der Waals surface area contributed by atoms with Gasteiger partial charge in [0.15, 0.2) is 0 Å². The summed E-state index contributed by atoms with van der Waals surface area (Å²) in [6.45, 7) is 0. The summed E-state index contributed by atoms with van der Waals surface area (Å²) in [7, 11) is -3.43. The molecular formula is C13H18O3S. The second-order valence-corrected chi connectivity index (χ2v) is 6.14. The van der Waals surface area contributed by atoms with E-state index in [4.69, 9.17) is 4.18 Å². The molecular weight excluding hydrogens is 236 g/mol. The van der Waals surface area contributed by atoms with E-state index in [-0.39, 0.29) is 11.9 Å². The largest absolute Gasteiger partial charge is 0.271 e. The van der Waals surface area contributed by atoms with Crippen molar-refractivity contribution in [1.29, 1.82) is 0 Å². The van der Waals surface area contributed by atoms with Crippen molar-refractivity contribution < 1.29 is 12.6 Å². The van der Waals surface area contributed by atoms with Crippen LogP contribution >= 0.6 is 0 Å². The summed E-state index contributed by atoms with van der Waals surface area (Å²) in [6.07, 6.45) is 4.98. The zero-order valence-electron chi connectivity index (χ0n) is 9.84. The molecule has 0 N–H and O–H groups in total. The first-order valence-electron chi connectivity index (χ1n) is 6.11. The summed E-state index contributed by atoms with van der Waals surface area (Å²) in [5.74, 6) is -0.0235. The molecule has 0 radical (unpaired) electrons. The van der Waals surface area contributed by atoms with Gasteiger partial charge in [0.05, 0.1) is 6.10 Å². The van der Waals surface area contributed by atoms with Gasteiger partial charge in [-0.1, -0.05) is 49.6 Å².